The van der Waals surface area contributed by atoms with E-state index in [2.05, 4.69) is 10.3 Å². The second kappa shape index (κ2) is 10.2. The maximum atomic E-state index is 13.5. The first kappa shape index (κ1) is 25.0. The summed E-state index contributed by atoms with van der Waals surface area (Å²) in [6, 6.07) is 15.7. The number of anilines is 1. The van der Waals surface area contributed by atoms with Crippen LogP contribution in [0.3, 0.4) is 0 Å². The van der Waals surface area contributed by atoms with Gasteiger partial charge in [-0.3, -0.25) is 14.0 Å². The van der Waals surface area contributed by atoms with Crippen molar-refractivity contribution in [3.05, 3.63) is 103 Å². The van der Waals surface area contributed by atoms with Crippen molar-refractivity contribution >= 4 is 46.5 Å². The Balaban J connectivity index is 1.86. The molecular weight excluding hydrogens is 499 g/mol. The molecule has 2 heterocycles. The molecule has 1 N–H and O–H groups in total. The van der Waals surface area contributed by atoms with Crippen molar-refractivity contribution in [2.45, 2.75) is 20.8 Å². The number of pyridine rings is 1. The van der Waals surface area contributed by atoms with E-state index in [0.29, 0.717) is 11.4 Å². The molecule has 0 spiro atoms. The minimum absolute atomic E-state index is 0.0272. The Morgan fingerprint density at radius 3 is 2.53 bits per heavy atom. The number of nitriles is 1. The smallest absolute Gasteiger partial charge is 0.269 e. The zero-order chi connectivity index (χ0) is 26.0. The van der Waals surface area contributed by atoms with E-state index in [9.17, 15) is 14.9 Å². The van der Waals surface area contributed by atoms with Gasteiger partial charge in [-0.15, -0.1) is 0 Å². The highest BCUT2D eigenvalue weighted by atomic mass is 35.5. The summed E-state index contributed by atoms with van der Waals surface area (Å²) in [7, 11) is 0. The van der Waals surface area contributed by atoms with Crippen molar-refractivity contribution in [2.24, 2.45) is 0 Å². The number of carbonyl (C=O) groups excluding carboxylic acids is 1. The third-order valence-corrected chi connectivity index (χ3v) is 6.13. The molecule has 4 aromatic rings. The molecule has 2 aromatic carbocycles. The van der Waals surface area contributed by atoms with Crippen LogP contribution in [0.1, 0.15) is 22.3 Å². The average Bonchev–Trinajstić information content (AvgIpc) is 2.82. The number of benzene rings is 2. The minimum atomic E-state index is -0.771. The summed E-state index contributed by atoms with van der Waals surface area (Å²) in [5.74, 6) is -0.325. The number of carbonyl (C=O) groups is 1. The van der Waals surface area contributed by atoms with E-state index in [1.54, 1.807) is 42.6 Å². The number of hydrogen-bond acceptors (Lipinski definition) is 5. The number of nitrogens with one attached hydrogen (secondary N) is 1. The number of fused-ring (bicyclic) bond motifs is 1. The van der Waals surface area contributed by atoms with Crippen LogP contribution >= 0.6 is 23.2 Å². The fourth-order valence-corrected chi connectivity index (χ4v) is 4.03. The lowest BCUT2D eigenvalue weighted by atomic mass is 10.1. The molecule has 0 saturated carbocycles. The third-order valence-electron chi connectivity index (χ3n) is 5.31. The lowest BCUT2D eigenvalue weighted by Crippen LogP contribution is -2.20. The standard InChI is InChI=1S/C27H20Cl2N4O3/c1-15-10-16(2)12-19(11-15)36-26-20(27(35)33-9-5-6-17(3)24(33)32-26)13-18(14-30)25(34)31-22-8-4-7-21(28)23(22)29/h4-13H,1-3H3,(H,31,34)/b18-13-. The quantitative estimate of drug-likeness (QED) is 0.248. The number of aromatic nitrogens is 2. The van der Waals surface area contributed by atoms with Gasteiger partial charge >= 0.3 is 0 Å². The van der Waals surface area contributed by atoms with Crippen LogP contribution in [0.15, 0.2) is 65.1 Å². The minimum Gasteiger partial charge on any atom is -0.438 e. The topological polar surface area (TPSA) is 96.5 Å². The van der Waals surface area contributed by atoms with Crippen molar-refractivity contribution in [3.63, 3.8) is 0 Å². The molecular formula is C27H20Cl2N4O3. The zero-order valence-electron chi connectivity index (χ0n) is 19.6. The van der Waals surface area contributed by atoms with Crippen LogP contribution in [-0.2, 0) is 4.79 Å². The van der Waals surface area contributed by atoms with E-state index in [1.807, 2.05) is 39.0 Å². The van der Waals surface area contributed by atoms with Crippen molar-refractivity contribution in [1.29, 1.82) is 5.26 Å². The number of aryl methyl sites for hydroxylation is 3. The van der Waals surface area contributed by atoms with E-state index in [4.69, 9.17) is 27.9 Å². The van der Waals surface area contributed by atoms with Crippen molar-refractivity contribution in [2.75, 3.05) is 5.32 Å². The van der Waals surface area contributed by atoms with Gasteiger partial charge in [0.2, 0.25) is 5.88 Å². The predicted octanol–water partition coefficient (Wildman–Crippen LogP) is 6.26. The predicted molar refractivity (Wildman–Crippen MR) is 141 cm³/mol. The maximum Gasteiger partial charge on any atom is 0.269 e. The molecule has 1 amide bonds. The summed E-state index contributed by atoms with van der Waals surface area (Å²) < 4.78 is 7.39. The Morgan fingerprint density at radius 1 is 1.11 bits per heavy atom. The molecule has 7 nitrogen and oxygen atoms in total. The van der Waals surface area contributed by atoms with Gasteiger partial charge in [0.25, 0.3) is 11.5 Å². The molecule has 0 bridgehead atoms. The van der Waals surface area contributed by atoms with Gasteiger partial charge in [0.1, 0.15) is 28.6 Å². The van der Waals surface area contributed by atoms with Crippen molar-refractivity contribution < 1.29 is 9.53 Å². The summed E-state index contributed by atoms with van der Waals surface area (Å²) in [5, 5.41) is 12.7. The van der Waals surface area contributed by atoms with Gasteiger partial charge in [-0.05, 0) is 73.9 Å². The molecule has 0 aliphatic heterocycles. The van der Waals surface area contributed by atoms with E-state index in [-0.39, 0.29) is 32.7 Å². The number of hydrogen-bond donors (Lipinski definition) is 1. The molecule has 0 fully saturated rings. The highest BCUT2D eigenvalue weighted by Gasteiger charge is 2.19. The van der Waals surface area contributed by atoms with E-state index in [0.717, 1.165) is 22.8 Å². The highest BCUT2D eigenvalue weighted by molar-refractivity contribution is 6.44. The Bertz CT molecular complexity index is 1630. The summed E-state index contributed by atoms with van der Waals surface area (Å²) in [4.78, 5) is 31.0. The van der Waals surface area contributed by atoms with Crippen LogP contribution in [0, 0.1) is 32.1 Å². The average molecular weight is 519 g/mol. The van der Waals surface area contributed by atoms with Crippen LogP contribution in [-0.4, -0.2) is 15.3 Å². The Hall–Kier alpha value is -4.12. The molecule has 0 radical (unpaired) electrons. The van der Waals surface area contributed by atoms with Crippen LogP contribution in [0.25, 0.3) is 11.7 Å². The SMILES string of the molecule is Cc1cc(C)cc(Oc2nc3c(C)cccn3c(=O)c2/C=C(/C#N)C(=O)Nc2cccc(Cl)c2Cl)c1. The van der Waals surface area contributed by atoms with E-state index < -0.39 is 11.5 Å². The van der Waals surface area contributed by atoms with Crippen LogP contribution in [0.2, 0.25) is 10.0 Å². The van der Waals surface area contributed by atoms with Gasteiger partial charge in [0.15, 0.2) is 0 Å². The first-order valence-corrected chi connectivity index (χ1v) is 11.6. The summed E-state index contributed by atoms with van der Waals surface area (Å²) in [6.07, 6.45) is 2.73. The van der Waals surface area contributed by atoms with Gasteiger partial charge in [-0.1, -0.05) is 41.4 Å². The maximum absolute atomic E-state index is 13.5. The second-order valence-corrected chi connectivity index (χ2v) is 8.96. The molecule has 2 aromatic heterocycles. The number of ether oxygens (including phenoxy) is 1. The van der Waals surface area contributed by atoms with E-state index in [1.165, 1.54) is 4.40 Å². The van der Waals surface area contributed by atoms with Gasteiger partial charge in [0.05, 0.1) is 15.7 Å². The van der Waals surface area contributed by atoms with E-state index >= 15 is 0 Å². The molecule has 180 valence electrons. The van der Waals surface area contributed by atoms with Crippen molar-refractivity contribution in [3.8, 4) is 17.7 Å². The fourth-order valence-electron chi connectivity index (χ4n) is 3.68. The zero-order valence-corrected chi connectivity index (χ0v) is 21.1. The molecule has 9 heteroatoms. The fraction of sp³-hybridized carbons (Fsp3) is 0.111. The summed E-state index contributed by atoms with van der Waals surface area (Å²) in [5.41, 5.74) is 2.41. The molecule has 36 heavy (non-hydrogen) atoms. The van der Waals surface area contributed by atoms with Crippen LogP contribution < -0.4 is 15.6 Å². The molecule has 0 aliphatic carbocycles. The molecule has 0 unspecified atom stereocenters. The number of nitrogens with zero attached hydrogens (tertiary/aromatic N) is 3. The summed E-state index contributed by atoms with van der Waals surface area (Å²) in [6.45, 7) is 5.67. The highest BCUT2D eigenvalue weighted by Crippen LogP contribution is 2.30. The second-order valence-electron chi connectivity index (χ2n) is 8.17. The third kappa shape index (κ3) is 5.10. The monoisotopic (exact) mass is 518 g/mol. The van der Waals surface area contributed by atoms with Crippen LogP contribution in [0.4, 0.5) is 5.69 Å². The molecule has 0 atom stereocenters. The normalized spacial score (nSPS) is 11.3. The largest absolute Gasteiger partial charge is 0.438 e. The van der Waals surface area contributed by atoms with Gasteiger partial charge < -0.3 is 10.1 Å². The Morgan fingerprint density at radius 2 is 1.83 bits per heavy atom. The van der Waals surface area contributed by atoms with Gasteiger partial charge in [-0.25, -0.2) is 0 Å². The van der Waals surface area contributed by atoms with Crippen molar-refractivity contribution in [1.82, 2.24) is 9.38 Å². The Kier molecular flexibility index (Phi) is 7.11. The van der Waals surface area contributed by atoms with Gasteiger partial charge in [-0.2, -0.15) is 10.2 Å². The number of halogens is 2. The van der Waals surface area contributed by atoms with Gasteiger partial charge in [0, 0.05) is 6.20 Å². The van der Waals surface area contributed by atoms with Crippen LogP contribution in [0.5, 0.6) is 11.6 Å². The molecule has 0 saturated heterocycles. The first-order chi connectivity index (χ1) is 17.2. The lowest BCUT2D eigenvalue weighted by molar-refractivity contribution is -0.112. The molecule has 4 rings (SSSR count). The summed E-state index contributed by atoms with van der Waals surface area (Å²) >= 11 is 12.2. The molecule has 0 aliphatic rings. The Labute approximate surface area is 217 Å². The number of amides is 1. The first-order valence-electron chi connectivity index (χ1n) is 10.8. The lowest BCUT2D eigenvalue weighted by Gasteiger charge is -2.12. The number of rotatable bonds is 5.